The zero-order chi connectivity index (χ0) is 17.4. The molecule has 124 valence electrons. The topological polar surface area (TPSA) is 48.4 Å². The van der Waals surface area contributed by atoms with Gasteiger partial charge in [-0.1, -0.05) is 24.3 Å². The van der Waals surface area contributed by atoms with Crippen molar-refractivity contribution in [3.8, 4) is 11.5 Å². The van der Waals surface area contributed by atoms with Gasteiger partial charge in [0.2, 0.25) is 0 Å². The molecule has 0 amide bonds. The summed E-state index contributed by atoms with van der Waals surface area (Å²) in [5, 5.41) is 1.06. The number of rotatable bonds is 3. The van der Waals surface area contributed by atoms with Gasteiger partial charge in [-0.3, -0.25) is 9.78 Å². The smallest absolute Gasteiger partial charge is 0.189 e. The van der Waals surface area contributed by atoms with E-state index >= 15 is 0 Å². The van der Waals surface area contributed by atoms with Crippen molar-refractivity contribution in [1.29, 1.82) is 0 Å². The maximum atomic E-state index is 12.8. The van der Waals surface area contributed by atoms with Crippen molar-refractivity contribution in [2.24, 2.45) is 0 Å². The van der Waals surface area contributed by atoms with E-state index in [9.17, 15) is 4.79 Å². The summed E-state index contributed by atoms with van der Waals surface area (Å²) in [5.74, 6) is 1.24. The minimum atomic E-state index is 0.0314. The average molecular weight is 331 g/mol. The first-order valence-corrected chi connectivity index (χ1v) is 8.05. The van der Waals surface area contributed by atoms with Crippen LogP contribution in [0.5, 0.6) is 11.5 Å². The van der Waals surface area contributed by atoms with Crippen LogP contribution in [0.15, 0.2) is 54.2 Å². The lowest BCUT2D eigenvalue weighted by atomic mass is 10.0. The zero-order valence-corrected chi connectivity index (χ0v) is 14.1. The molecule has 3 aromatic rings. The van der Waals surface area contributed by atoms with Crippen molar-refractivity contribution >= 4 is 22.8 Å². The van der Waals surface area contributed by atoms with E-state index in [-0.39, 0.29) is 5.78 Å². The number of allylic oxidation sites excluding steroid dienone is 1. The summed E-state index contributed by atoms with van der Waals surface area (Å²) in [6.45, 7) is 0. The first-order valence-electron chi connectivity index (χ1n) is 8.05. The predicted molar refractivity (Wildman–Crippen MR) is 97.3 cm³/mol. The van der Waals surface area contributed by atoms with Crippen LogP contribution < -0.4 is 9.47 Å². The largest absolute Gasteiger partial charge is 0.493 e. The third-order valence-corrected chi connectivity index (χ3v) is 4.52. The molecule has 0 bridgehead atoms. The second kappa shape index (κ2) is 6.06. The number of hydrogen-bond acceptors (Lipinski definition) is 4. The molecule has 1 aliphatic carbocycles. The molecular formula is C21H17NO3. The van der Waals surface area contributed by atoms with Gasteiger partial charge in [-0.25, -0.2) is 0 Å². The van der Waals surface area contributed by atoms with E-state index in [2.05, 4.69) is 4.98 Å². The van der Waals surface area contributed by atoms with E-state index in [0.717, 1.165) is 27.6 Å². The van der Waals surface area contributed by atoms with Crippen molar-refractivity contribution in [2.75, 3.05) is 14.2 Å². The number of hydrogen-bond donors (Lipinski definition) is 0. The van der Waals surface area contributed by atoms with Crippen molar-refractivity contribution in [2.45, 2.75) is 6.42 Å². The van der Waals surface area contributed by atoms with E-state index in [1.165, 1.54) is 0 Å². The second-order valence-corrected chi connectivity index (χ2v) is 5.96. The van der Waals surface area contributed by atoms with E-state index in [1.54, 1.807) is 26.5 Å². The fourth-order valence-corrected chi connectivity index (χ4v) is 3.29. The van der Waals surface area contributed by atoms with Crippen LogP contribution in [0.1, 0.15) is 21.5 Å². The Labute approximate surface area is 145 Å². The van der Waals surface area contributed by atoms with Crippen LogP contribution in [0, 0.1) is 0 Å². The summed E-state index contributed by atoms with van der Waals surface area (Å²) in [5.41, 5.74) is 4.24. The van der Waals surface area contributed by atoms with Crippen LogP contribution in [0.3, 0.4) is 0 Å². The van der Waals surface area contributed by atoms with Crippen LogP contribution in [0.2, 0.25) is 0 Å². The van der Waals surface area contributed by atoms with E-state index in [0.29, 0.717) is 23.5 Å². The average Bonchev–Trinajstić information content (AvgIpc) is 2.95. The van der Waals surface area contributed by atoms with Crippen LogP contribution in [-0.4, -0.2) is 25.0 Å². The Bertz CT molecular complexity index is 1020. The van der Waals surface area contributed by atoms with Gasteiger partial charge in [0.1, 0.15) is 0 Å². The van der Waals surface area contributed by atoms with Crippen molar-refractivity contribution in [3.63, 3.8) is 0 Å². The van der Waals surface area contributed by atoms with Gasteiger partial charge in [-0.2, -0.15) is 0 Å². The van der Waals surface area contributed by atoms with Gasteiger partial charge < -0.3 is 9.47 Å². The minimum Gasteiger partial charge on any atom is -0.493 e. The van der Waals surface area contributed by atoms with Crippen molar-refractivity contribution < 1.29 is 14.3 Å². The van der Waals surface area contributed by atoms with E-state index < -0.39 is 0 Å². The number of para-hydroxylation sites is 1. The lowest BCUT2D eigenvalue weighted by molar-refractivity contribution is 0.104. The highest BCUT2D eigenvalue weighted by atomic mass is 16.5. The highest BCUT2D eigenvalue weighted by molar-refractivity contribution is 6.16. The Balaban J connectivity index is 1.79. The third kappa shape index (κ3) is 2.56. The van der Waals surface area contributed by atoms with Crippen molar-refractivity contribution in [3.05, 3.63) is 70.9 Å². The number of benzene rings is 2. The highest BCUT2D eigenvalue weighted by Crippen LogP contribution is 2.37. The van der Waals surface area contributed by atoms with Crippen LogP contribution >= 0.6 is 0 Å². The summed E-state index contributed by atoms with van der Waals surface area (Å²) in [4.78, 5) is 17.3. The molecule has 1 heterocycles. The molecule has 0 fully saturated rings. The molecule has 0 N–H and O–H groups in total. The van der Waals surface area contributed by atoms with E-state index in [4.69, 9.17) is 9.47 Å². The molecule has 0 spiro atoms. The van der Waals surface area contributed by atoms with Crippen LogP contribution in [0.25, 0.3) is 17.0 Å². The fraction of sp³-hybridized carbons (Fsp3) is 0.143. The second-order valence-electron chi connectivity index (χ2n) is 5.96. The summed E-state index contributed by atoms with van der Waals surface area (Å²) < 4.78 is 10.7. The molecule has 25 heavy (non-hydrogen) atoms. The number of carbonyl (C=O) groups excluding carboxylic acids is 1. The maximum Gasteiger partial charge on any atom is 0.189 e. The summed E-state index contributed by atoms with van der Waals surface area (Å²) in [6.07, 6.45) is 4.29. The first-order chi connectivity index (χ1) is 12.2. The molecule has 0 saturated heterocycles. The summed E-state index contributed by atoms with van der Waals surface area (Å²) in [7, 11) is 3.17. The van der Waals surface area contributed by atoms with Gasteiger partial charge in [-0.15, -0.1) is 0 Å². The molecule has 0 unspecified atom stereocenters. The molecule has 0 atom stereocenters. The van der Waals surface area contributed by atoms with Gasteiger partial charge in [0.25, 0.3) is 0 Å². The maximum absolute atomic E-state index is 12.8. The van der Waals surface area contributed by atoms with Gasteiger partial charge in [0.05, 0.1) is 19.7 Å². The number of pyridine rings is 1. The highest BCUT2D eigenvalue weighted by Gasteiger charge is 2.27. The molecule has 1 aliphatic rings. The molecular weight excluding hydrogens is 314 g/mol. The minimum absolute atomic E-state index is 0.0314. The standard InChI is InChI=1S/C21H17NO3/c1-24-18-11-15-10-16(21(23)17(15)12-19(18)25-2)9-14-6-3-5-13-7-4-8-22-20(13)14/h3-9,11-12H,10H2,1-2H3. The lowest BCUT2D eigenvalue weighted by Gasteiger charge is -2.08. The Hall–Kier alpha value is -3.14. The molecule has 0 radical (unpaired) electrons. The van der Waals surface area contributed by atoms with E-state index in [1.807, 2.05) is 42.5 Å². The quantitative estimate of drug-likeness (QED) is 0.679. The Morgan fingerprint density at radius 2 is 1.80 bits per heavy atom. The van der Waals surface area contributed by atoms with Crippen molar-refractivity contribution in [1.82, 2.24) is 4.98 Å². The van der Waals surface area contributed by atoms with Gasteiger partial charge in [-0.05, 0) is 29.8 Å². The Morgan fingerprint density at radius 3 is 2.60 bits per heavy atom. The SMILES string of the molecule is COc1cc2c(cc1OC)C(=O)C(=Cc1cccc3cccnc13)C2. The molecule has 2 aromatic carbocycles. The molecule has 4 rings (SSSR count). The predicted octanol–water partition coefficient (Wildman–Crippen LogP) is 4.07. The number of Topliss-reactive ketones (excluding diaryl/α,β-unsaturated/α-hetero) is 1. The summed E-state index contributed by atoms with van der Waals surface area (Å²) >= 11 is 0. The van der Waals surface area contributed by atoms with Gasteiger partial charge in [0, 0.05) is 34.7 Å². The third-order valence-electron chi connectivity index (χ3n) is 4.52. The number of aromatic nitrogens is 1. The molecule has 1 aromatic heterocycles. The zero-order valence-electron chi connectivity index (χ0n) is 14.1. The number of ketones is 1. The summed E-state index contributed by atoms with van der Waals surface area (Å²) in [6, 6.07) is 13.6. The lowest BCUT2D eigenvalue weighted by Crippen LogP contribution is -1.97. The molecule has 0 saturated carbocycles. The fourth-order valence-electron chi connectivity index (χ4n) is 3.29. The Kier molecular flexibility index (Phi) is 3.73. The number of methoxy groups -OCH3 is 2. The molecule has 0 aliphatic heterocycles. The van der Waals surface area contributed by atoms with Crippen LogP contribution in [0.4, 0.5) is 0 Å². The molecule has 4 nitrogen and oxygen atoms in total. The first kappa shape index (κ1) is 15.4. The number of nitrogens with zero attached hydrogens (tertiary/aromatic N) is 1. The normalized spacial score (nSPS) is 14.8. The van der Waals surface area contributed by atoms with Gasteiger partial charge in [0.15, 0.2) is 17.3 Å². The monoisotopic (exact) mass is 331 g/mol. The molecule has 4 heteroatoms. The van der Waals surface area contributed by atoms with Crippen LogP contribution in [-0.2, 0) is 6.42 Å². The number of carbonyl (C=O) groups is 1. The number of fused-ring (bicyclic) bond motifs is 2. The Morgan fingerprint density at radius 1 is 1.04 bits per heavy atom. The number of ether oxygens (including phenoxy) is 2. The van der Waals surface area contributed by atoms with Gasteiger partial charge >= 0.3 is 0 Å².